The molecule has 0 fully saturated rings. The van der Waals surface area contributed by atoms with Gasteiger partial charge in [0.2, 0.25) is 5.82 Å². The van der Waals surface area contributed by atoms with Crippen LogP contribution in [-0.4, -0.2) is 17.3 Å². The molecule has 3 rings (SSSR count). The molecule has 1 heterocycles. The average Bonchev–Trinajstić information content (AvgIpc) is 2.98. The van der Waals surface area contributed by atoms with E-state index in [9.17, 15) is 0 Å². The van der Waals surface area contributed by atoms with Gasteiger partial charge >= 0.3 is 0 Å². The fraction of sp³-hybridized carbons (Fsp3) is 0.0667. The number of nitrogens with zero attached hydrogens (tertiary/aromatic N) is 2. The molecule has 3 aromatic rings. The van der Waals surface area contributed by atoms with E-state index >= 15 is 0 Å². The van der Waals surface area contributed by atoms with Crippen LogP contribution in [0.3, 0.4) is 0 Å². The Morgan fingerprint density at radius 1 is 0.895 bits per heavy atom. The minimum Gasteiger partial charge on any atom is -0.497 e. The smallest absolute Gasteiger partial charge is 0.258 e. The van der Waals surface area contributed by atoms with Crippen LogP contribution in [0.1, 0.15) is 0 Å². The zero-order valence-electron chi connectivity index (χ0n) is 10.4. The van der Waals surface area contributed by atoms with Crippen LogP contribution in [0.2, 0.25) is 0 Å². The van der Waals surface area contributed by atoms with Gasteiger partial charge in [0.05, 0.1) is 7.11 Å². The zero-order chi connectivity index (χ0) is 13.1. The summed E-state index contributed by atoms with van der Waals surface area (Å²) >= 11 is 0. The topological polar surface area (TPSA) is 48.2 Å². The summed E-state index contributed by atoms with van der Waals surface area (Å²) in [7, 11) is 1.64. The fourth-order valence-electron chi connectivity index (χ4n) is 1.78. The second-order valence-corrected chi connectivity index (χ2v) is 4.02. The van der Waals surface area contributed by atoms with Gasteiger partial charge in [0.25, 0.3) is 5.89 Å². The van der Waals surface area contributed by atoms with Crippen molar-refractivity contribution < 1.29 is 9.26 Å². The first-order chi connectivity index (χ1) is 9.36. The lowest BCUT2D eigenvalue weighted by molar-refractivity contribution is 0.415. The Morgan fingerprint density at radius 2 is 1.63 bits per heavy atom. The maximum atomic E-state index is 5.27. The van der Waals surface area contributed by atoms with Crippen molar-refractivity contribution in [2.75, 3.05) is 7.11 Å². The molecule has 4 heteroatoms. The number of aromatic nitrogens is 2. The van der Waals surface area contributed by atoms with Crippen LogP contribution in [0.5, 0.6) is 5.75 Å². The van der Waals surface area contributed by atoms with Gasteiger partial charge in [0.1, 0.15) is 5.75 Å². The number of hydrogen-bond acceptors (Lipinski definition) is 4. The molecule has 0 saturated heterocycles. The Bertz CT molecular complexity index is 660. The summed E-state index contributed by atoms with van der Waals surface area (Å²) in [5, 5.41) is 3.99. The molecule has 0 bridgehead atoms. The van der Waals surface area contributed by atoms with E-state index in [1.54, 1.807) is 7.11 Å². The highest BCUT2D eigenvalue weighted by atomic mass is 16.5. The number of methoxy groups -OCH3 is 1. The van der Waals surface area contributed by atoms with Crippen LogP contribution < -0.4 is 4.74 Å². The molecule has 0 atom stereocenters. The van der Waals surface area contributed by atoms with Crippen LogP contribution in [0.4, 0.5) is 0 Å². The fourth-order valence-corrected chi connectivity index (χ4v) is 1.78. The summed E-state index contributed by atoms with van der Waals surface area (Å²) in [5.74, 6) is 1.89. The van der Waals surface area contributed by atoms with Crippen molar-refractivity contribution in [3.05, 3.63) is 54.6 Å². The highest BCUT2D eigenvalue weighted by molar-refractivity contribution is 5.60. The van der Waals surface area contributed by atoms with Crippen LogP contribution in [-0.2, 0) is 0 Å². The van der Waals surface area contributed by atoms with Gasteiger partial charge in [-0.2, -0.15) is 4.98 Å². The molecular formula is C15H12N2O2. The summed E-state index contributed by atoms with van der Waals surface area (Å²) in [6.07, 6.45) is 0. The van der Waals surface area contributed by atoms with E-state index in [0.29, 0.717) is 11.7 Å². The summed E-state index contributed by atoms with van der Waals surface area (Å²) in [4.78, 5) is 4.39. The number of rotatable bonds is 3. The van der Waals surface area contributed by atoms with Crippen molar-refractivity contribution in [3.8, 4) is 28.6 Å². The third kappa shape index (κ3) is 2.33. The van der Waals surface area contributed by atoms with Crippen molar-refractivity contribution in [2.45, 2.75) is 0 Å². The van der Waals surface area contributed by atoms with E-state index in [1.165, 1.54) is 0 Å². The average molecular weight is 252 g/mol. The highest BCUT2D eigenvalue weighted by Gasteiger charge is 2.09. The molecule has 0 spiro atoms. The van der Waals surface area contributed by atoms with Crippen LogP contribution in [0.15, 0.2) is 59.1 Å². The molecule has 0 N–H and O–H groups in total. The van der Waals surface area contributed by atoms with E-state index in [0.717, 1.165) is 16.9 Å². The SMILES string of the molecule is COc1ccc(-c2noc(-c3ccccc3)n2)cc1. The Hall–Kier alpha value is -2.62. The second kappa shape index (κ2) is 4.94. The first-order valence-electron chi connectivity index (χ1n) is 5.90. The lowest BCUT2D eigenvalue weighted by Crippen LogP contribution is -1.84. The largest absolute Gasteiger partial charge is 0.497 e. The maximum Gasteiger partial charge on any atom is 0.258 e. The third-order valence-electron chi connectivity index (χ3n) is 2.79. The molecule has 0 unspecified atom stereocenters. The van der Waals surface area contributed by atoms with Crippen molar-refractivity contribution in [1.29, 1.82) is 0 Å². The van der Waals surface area contributed by atoms with Crippen LogP contribution in [0, 0.1) is 0 Å². The number of ether oxygens (including phenoxy) is 1. The molecule has 0 aliphatic rings. The number of benzene rings is 2. The first kappa shape index (κ1) is 11.5. The Balaban J connectivity index is 1.92. The number of hydrogen-bond donors (Lipinski definition) is 0. The molecule has 2 aromatic carbocycles. The van der Waals surface area contributed by atoms with E-state index in [2.05, 4.69) is 10.1 Å². The molecule has 19 heavy (non-hydrogen) atoms. The molecule has 0 amide bonds. The van der Waals surface area contributed by atoms with Crippen molar-refractivity contribution in [3.63, 3.8) is 0 Å². The predicted octanol–water partition coefficient (Wildman–Crippen LogP) is 3.41. The Morgan fingerprint density at radius 3 is 2.32 bits per heavy atom. The zero-order valence-corrected chi connectivity index (χ0v) is 10.4. The Kier molecular flexibility index (Phi) is 2.98. The molecule has 4 nitrogen and oxygen atoms in total. The molecule has 0 saturated carbocycles. The normalized spacial score (nSPS) is 10.4. The second-order valence-electron chi connectivity index (χ2n) is 4.02. The predicted molar refractivity (Wildman–Crippen MR) is 71.7 cm³/mol. The van der Waals surface area contributed by atoms with Crippen molar-refractivity contribution in [1.82, 2.24) is 10.1 Å². The van der Waals surface area contributed by atoms with Gasteiger partial charge in [0, 0.05) is 11.1 Å². The molecule has 0 aliphatic carbocycles. The quantitative estimate of drug-likeness (QED) is 0.716. The summed E-state index contributed by atoms with van der Waals surface area (Å²) in [6.45, 7) is 0. The summed E-state index contributed by atoms with van der Waals surface area (Å²) < 4.78 is 10.4. The third-order valence-corrected chi connectivity index (χ3v) is 2.79. The summed E-state index contributed by atoms with van der Waals surface area (Å²) in [5.41, 5.74) is 1.81. The molecule has 0 radical (unpaired) electrons. The van der Waals surface area contributed by atoms with E-state index in [4.69, 9.17) is 9.26 Å². The van der Waals surface area contributed by atoms with Crippen molar-refractivity contribution >= 4 is 0 Å². The van der Waals surface area contributed by atoms with E-state index in [1.807, 2.05) is 54.6 Å². The van der Waals surface area contributed by atoms with Crippen molar-refractivity contribution in [2.24, 2.45) is 0 Å². The van der Waals surface area contributed by atoms with Gasteiger partial charge in [-0.15, -0.1) is 0 Å². The van der Waals surface area contributed by atoms with E-state index < -0.39 is 0 Å². The lowest BCUT2D eigenvalue weighted by Gasteiger charge is -1.98. The molecule has 1 aromatic heterocycles. The van der Waals surface area contributed by atoms with E-state index in [-0.39, 0.29) is 0 Å². The maximum absolute atomic E-state index is 5.27. The molecule has 94 valence electrons. The van der Waals surface area contributed by atoms with Crippen LogP contribution in [0.25, 0.3) is 22.8 Å². The monoisotopic (exact) mass is 252 g/mol. The molecule has 0 aliphatic heterocycles. The van der Waals surface area contributed by atoms with Gasteiger partial charge in [-0.05, 0) is 36.4 Å². The van der Waals surface area contributed by atoms with Gasteiger partial charge in [-0.1, -0.05) is 23.4 Å². The van der Waals surface area contributed by atoms with Gasteiger partial charge in [0.15, 0.2) is 0 Å². The minimum atomic E-state index is 0.520. The summed E-state index contributed by atoms with van der Waals surface area (Å²) in [6, 6.07) is 17.2. The molecular weight excluding hydrogens is 240 g/mol. The van der Waals surface area contributed by atoms with Gasteiger partial charge < -0.3 is 9.26 Å². The van der Waals surface area contributed by atoms with Crippen LogP contribution >= 0.6 is 0 Å². The minimum absolute atomic E-state index is 0.520. The van der Waals surface area contributed by atoms with Gasteiger partial charge in [-0.25, -0.2) is 0 Å². The Labute approximate surface area is 110 Å². The lowest BCUT2D eigenvalue weighted by atomic mass is 10.2. The first-order valence-corrected chi connectivity index (χ1v) is 5.90. The van der Waals surface area contributed by atoms with Gasteiger partial charge in [-0.3, -0.25) is 0 Å². The standard InChI is InChI=1S/C15H12N2O2/c1-18-13-9-7-11(8-10-13)14-16-15(19-17-14)12-5-3-2-4-6-12/h2-10H,1H3. The highest BCUT2D eigenvalue weighted by Crippen LogP contribution is 2.23.